The predicted octanol–water partition coefficient (Wildman–Crippen LogP) is 1.67. The summed E-state index contributed by atoms with van der Waals surface area (Å²) in [4.78, 5) is 36.0. The molecule has 3 rings (SSSR count). The molecule has 0 N–H and O–H groups in total. The molecule has 5 heteroatoms. The molecule has 0 aromatic heterocycles. The monoisotopic (exact) mass is 272 g/mol. The van der Waals surface area contributed by atoms with E-state index in [1.807, 2.05) is 0 Å². The normalized spacial score (nSPS) is 22.6. The van der Waals surface area contributed by atoms with Crippen LogP contribution in [0.5, 0.6) is 0 Å². The van der Waals surface area contributed by atoms with E-state index in [-0.39, 0.29) is 18.0 Å². The number of rotatable bonds is 1. The molecule has 1 spiro atoms. The number of ether oxygens (including phenoxy) is 2. The Balaban J connectivity index is 1.99. The molecule has 1 atom stereocenters. The maximum absolute atomic E-state index is 12.5. The molecule has 1 aromatic rings. The molecule has 1 aliphatic heterocycles. The Morgan fingerprint density at radius 2 is 1.85 bits per heavy atom. The lowest BCUT2D eigenvalue weighted by Gasteiger charge is -2.31. The van der Waals surface area contributed by atoms with Gasteiger partial charge in [-0.3, -0.25) is 14.4 Å². The quantitative estimate of drug-likeness (QED) is 0.574. The molecule has 0 amide bonds. The zero-order valence-electron chi connectivity index (χ0n) is 10.8. The van der Waals surface area contributed by atoms with Gasteiger partial charge in [0.25, 0.3) is 0 Å². The largest absolute Gasteiger partial charge is 0.478 e. The summed E-state index contributed by atoms with van der Waals surface area (Å²) in [6.45, 7) is 1.28. The molecule has 1 aliphatic carbocycles. The van der Waals surface area contributed by atoms with Crippen molar-refractivity contribution in [1.29, 1.82) is 0 Å². The van der Waals surface area contributed by atoms with Gasteiger partial charge in [0, 0.05) is 24.5 Å². The smallest absolute Gasteiger partial charge is 0.303 e. The Hall–Kier alpha value is -2.43. The number of esters is 1. The first-order valence-corrected chi connectivity index (χ1v) is 6.25. The summed E-state index contributed by atoms with van der Waals surface area (Å²) in [6.07, 6.45) is 2.16. The van der Waals surface area contributed by atoms with Crippen molar-refractivity contribution in [2.24, 2.45) is 0 Å². The number of fused-ring (bicyclic) bond motifs is 1. The van der Waals surface area contributed by atoms with Gasteiger partial charge in [-0.1, -0.05) is 24.3 Å². The highest BCUT2D eigenvalue weighted by atomic mass is 16.6. The van der Waals surface area contributed by atoms with Crippen molar-refractivity contribution in [1.82, 2.24) is 0 Å². The van der Waals surface area contributed by atoms with Gasteiger partial charge in [-0.2, -0.15) is 0 Å². The number of hydrogen-bond donors (Lipinski definition) is 0. The molecule has 0 saturated carbocycles. The summed E-state index contributed by atoms with van der Waals surface area (Å²) < 4.78 is 10.4. The van der Waals surface area contributed by atoms with Crippen LogP contribution in [0.25, 0.3) is 0 Å². The maximum atomic E-state index is 12.5. The maximum Gasteiger partial charge on any atom is 0.303 e. The van der Waals surface area contributed by atoms with Crippen LogP contribution >= 0.6 is 0 Å². The average Bonchev–Trinajstić information content (AvgIpc) is 2.62. The highest BCUT2D eigenvalue weighted by Crippen LogP contribution is 2.39. The standard InChI is InChI=1S/C15H12O5/c1-9(16)20-10-6-7-19-15(8-10)13(17)11-4-2-3-5-12(11)14(15)18/h2-7,10H,8H2,1H3/t10-/m0/s1. The van der Waals surface area contributed by atoms with E-state index in [1.165, 1.54) is 19.3 Å². The summed E-state index contributed by atoms with van der Waals surface area (Å²) in [6, 6.07) is 6.61. The first-order chi connectivity index (χ1) is 9.54. The van der Waals surface area contributed by atoms with Gasteiger partial charge in [0.2, 0.25) is 17.2 Å². The van der Waals surface area contributed by atoms with Gasteiger partial charge in [0.15, 0.2) is 0 Å². The minimum atomic E-state index is -1.58. The molecule has 20 heavy (non-hydrogen) atoms. The van der Waals surface area contributed by atoms with Gasteiger partial charge >= 0.3 is 5.97 Å². The number of ketones is 2. The number of Topliss-reactive ketones (excluding diaryl/α,β-unsaturated/α-hetero) is 2. The Labute approximate surface area is 115 Å². The molecule has 1 heterocycles. The topological polar surface area (TPSA) is 69.7 Å². The highest BCUT2D eigenvalue weighted by molar-refractivity contribution is 6.32. The first-order valence-electron chi connectivity index (χ1n) is 6.25. The van der Waals surface area contributed by atoms with Gasteiger partial charge in [0.1, 0.15) is 6.10 Å². The summed E-state index contributed by atoms with van der Waals surface area (Å²) >= 11 is 0. The Morgan fingerprint density at radius 1 is 1.25 bits per heavy atom. The summed E-state index contributed by atoms with van der Waals surface area (Å²) in [5.74, 6) is -1.22. The second-order valence-electron chi connectivity index (χ2n) is 4.83. The SMILES string of the molecule is CC(=O)O[C@H]1C=COC2(C1)C(=O)c1ccccc1C2=O. The third-order valence-corrected chi connectivity index (χ3v) is 3.52. The fourth-order valence-electron chi connectivity index (χ4n) is 2.65. The second kappa shape index (κ2) is 4.30. The molecule has 0 fully saturated rings. The number of hydrogen-bond acceptors (Lipinski definition) is 5. The van der Waals surface area contributed by atoms with Crippen LogP contribution in [0.1, 0.15) is 34.1 Å². The fraction of sp³-hybridized carbons (Fsp3) is 0.267. The third kappa shape index (κ3) is 1.66. The molecule has 102 valence electrons. The van der Waals surface area contributed by atoms with E-state index in [2.05, 4.69) is 0 Å². The van der Waals surface area contributed by atoms with Crippen molar-refractivity contribution in [3.8, 4) is 0 Å². The van der Waals surface area contributed by atoms with Crippen molar-refractivity contribution < 1.29 is 23.9 Å². The van der Waals surface area contributed by atoms with E-state index < -0.39 is 17.7 Å². The zero-order chi connectivity index (χ0) is 14.3. The van der Waals surface area contributed by atoms with Gasteiger partial charge in [0.05, 0.1) is 6.26 Å². The van der Waals surface area contributed by atoms with E-state index in [0.717, 1.165) is 0 Å². The Morgan fingerprint density at radius 3 is 2.40 bits per heavy atom. The van der Waals surface area contributed by atoms with Gasteiger partial charge in [-0.05, 0) is 6.08 Å². The van der Waals surface area contributed by atoms with Crippen LogP contribution in [0.2, 0.25) is 0 Å². The third-order valence-electron chi connectivity index (χ3n) is 3.52. The minimum absolute atomic E-state index is 0.00935. The molecule has 5 nitrogen and oxygen atoms in total. The molecular weight excluding hydrogens is 260 g/mol. The summed E-state index contributed by atoms with van der Waals surface area (Å²) in [5.41, 5.74) is -0.873. The molecule has 0 bridgehead atoms. The van der Waals surface area contributed by atoms with Crippen LogP contribution in [0.3, 0.4) is 0 Å². The van der Waals surface area contributed by atoms with E-state index in [1.54, 1.807) is 24.3 Å². The van der Waals surface area contributed by atoms with Crippen molar-refractivity contribution in [2.45, 2.75) is 25.0 Å². The van der Waals surface area contributed by atoms with E-state index in [0.29, 0.717) is 11.1 Å². The number of carbonyl (C=O) groups excluding carboxylic acids is 3. The van der Waals surface area contributed by atoms with Crippen molar-refractivity contribution in [2.75, 3.05) is 0 Å². The van der Waals surface area contributed by atoms with Crippen molar-refractivity contribution in [3.63, 3.8) is 0 Å². The molecule has 1 aromatic carbocycles. The molecular formula is C15H12O5. The van der Waals surface area contributed by atoms with Crippen LogP contribution in [-0.4, -0.2) is 29.2 Å². The van der Waals surface area contributed by atoms with Gasteiger partial charge in [-0.25, -0.2) is 0 Å². The van der Waals surface area contributed by atoms with Crippen LogP contribution in [-0.2, 0) is 14.3 Å². The van der Waals surface area contributed by atoms with E-state index >= 15 is 0 Å². The fourth-order valence-corrected chi connectivity index (χ4v) is 2.65. The van der Waals surface area contributed by atoms with Crippen LogP contribution in [0.4, 0.5) is 0 Å². The van der Waals surface area contributed by atoms with Crippen LogP contribution in [0, 0.1) is 0 Å². The summed E-state index contributed by atoms with van der Waals surface area (Å²) in [5, 5.41) is 0. The number of carbonyl (C=O) groups is 3. The first kappa shape index (κ1) is 12.6. The lowest BCUT2D eigenvalue weighted by atomic mass is 9.89. The summed E-state index contributed by atoms with van der Waals surface area (Å²) in [7, 11) is 0. The Bertz CT molecular complexity index is 608. The zero-order valence-corrected chi connectivity index (χ0v) is 10.8. The molecule has 0 radical (unpaired) electrons. The van der Waals surface area contributed by atoms with Crippen molar-refractivity contribution >= 4 is 17.5 Å². The minimum Gasteiger partial charge on any atom is -0.478 e. The second-order valence-corrected chi connectivity index (χ2v) is 4.83. The molecule has 2 aliphatic rings. The van der Waals surface area contributed by atoms with Gasteiger partial charge < -0.3 is 9.47 Å². The van der Waals surface area contributed by atoms with E-state index in [9.17, 15) is 14.4 Å². The molecule has 0 saturated heterocycles. The van der Waals surface area contributed by atoms with Crippen LogP contribution in [0.15, 0.2) is 36.6 Å². The molecule has 0 unspecified atom stereocenters. The average molecular weight is 272 g/mol. The number of benzene rings is 1. The van der Waals surface area contributed by atoms with E-state index in [4.69, 9.17) is 9.47 Å². The lowest BCUT2D eigenvalue weighted by molar-refractivity contribution is -0.146. The Kier molecular flexibility index (Phi) is 2.71. The highest BCUT2D eigenvalue weighted by Gasteiger charge is 2.57. The lowest BCUT2D eigenvalue weighted by Crippen LogP contribution is -2.48. The van der Waals surface area contributed by atoms with Crippen LogP contribution < -0.4 is 0 Å². The van der Waals surface area contributed by atoms with Gasteiger partial charge in [-0.15, -0.1) is 0 Å². The van der Waals surface area contributed by atoms with Crippen molar-refractivity contribution in [3.05, 3.63) is 47.7 Å². The predicted molar refractivity (Wildman–Crippen MR) is 68.2 cm³/mol.